The quantitative estimate of drug-likeness (QED) is 0.545. The molecule has 2 heterocycles. The van der Waals surface area contributed by atoms with Crippen LogP contribution in [0.1, 0.15) is 18.5 Å². The predicted molar refractivity (Wildman–Crippen MR) is 99.5 cm³/mol. The first-order valence-corrected chi connectivity index (χ1v) is 9.28. The highest BCUT2D eigenvalue weighted by atomic mass is 32.2. The summed E-state index contributed by atoms with van der Waals surface area (Å²) in [6, 6.07) is 4.06. The summed E-state index contributed by atoms with van der Waals surface area (Å²) in [6.45, 7) is 1.77. The molecule has 1 saturated heterocycles. The Balaban J connectivity index is 1.74. The lowest BCUT2D eigenvalue weighted by atomic mass is 10.0. The highest BCUT2D eigenvalue weighted by Gasteiger charge is 2.54. The van der Waals surface area contributed by atoms with Gasteiger partial charge < -0.3 is 21.3 Å². The number of allylic oxidation sites excluding steroid dienone is 2. The number of hydrogen-bond acceptors (Lipinski definition) is 6. The monoisotopic (exact) mass is 389 g/mol. The fourth-order valence-electron chi connectivity index (χ4n) is 3.05. The molecule has 2 aliphatic rings. The van der Waals surface area contributed by atoms with E-state index in [4.69, 9.17) is 5.73 Å². The van der Waals surface area contributed by atoms with E-state index in [0.717, 1.165) is 0 Å². The molecule has 1 aromatic carbocycles. The van der Waals surface area contributed by atoms with Gasteiger partial charge in [0.05, 0.1) is 0 Å². The number of phenols is 1. The van der Waals surface area contributed by atoms with Gasteiger partial charge in [0.25, 0.3) is 5.91 Å². The van der Waals surface area contributed by atoms with Crippen LogP contribution in [0.4, 0.5) is 0 Å². The Morgan fingerprint density at radius 1 is 1.37 bits per heavy atom. The van der Waals surface area contributed by atoms with Gasteiger partial charge in [-0.2, -0.15) is 0 Å². The number of aromatic hydroxyl groups is 1. The molecule has 0 aromatic heterocycles. The van der Waals surface area contributed by atoms with Crippen LogP contribution in [-0.4, -0.2) is 50.1 Å². The minimum atomic E-state index is -1.17. The van der Waals surface area contributed by atoms with Crippen LogP contribution in [0.3, 0.4) is 0 Å². The number of fused-ring (bicyclic) bond motifs is 1. The molecule has 27 heavy (non-hydrogen) atoms. The van der Waals surface area contributed by atoms with Gasteiger partial charge in [0, 0.05) is 5.75 Å². The van der Waals surface area contributed by atoms with Crippen molar-refractivity contribution in [3.63, 3.8) is 0 Å². The molecule has 3 rings (SSSR count). The molecule has 2 amide bonds. The van der Waals surface area contributed by atoms with Gasteiger partial charge in [0.1, 0.15) is 28.9 Å². The van der Waals surface area contributed by atoms with E-state index in [0.29, 0.717) is 16.9 Å². The SMILES string of the molecule is C/C=C\C1=C(C(=O)O)N2C(=O)[C@H](NC(=O)[C@H](N)c3ccc(O)cc3)[C@@H]2SC1. The van der Waals surface area contributed by atoms with Crippen LogP contribution < -0.4 is 11.1 Å². The molecule has 3 atom stereocenters. The molecule has 1 fully saturated rings. The minimum absolute atomic E-state index is 0.0461. The van der Waals surface area contributed by atoms with E-state index in [2.05, 4.69) is 5.32 Å². The van der Waals surface area contributed by atoms with Crippen LogP contribution in [0, 0.1) is 0 Å². The number of nitrogens with two attached hydrogens (primary N) is 1. The number of aliphatic carboxylic acids is 1. The first-order valence-electron chi connectivity index (χ1n) is 8.24. The number of rotatable bonds is 5. The maximum atomic E-state index is 12.5. The molecular formula is C18H19N3O5S. The molecule has 0 bridgehead atoms. The van der Waals surface area contributed by atoms with Crippen molar-refractivity contribution in [2.45, 2.75) is 24.4 Å². The number of amides is 2. The van der Waals surface area contributed by atoms with E-state index in [9.17, 15) is 24.6 Å². The first kappa shape index (κ1) is 19.0. The van der Waals surface area contributed by atoms with E-state index in [1.54, 1.807) is 19.1 Å². The van der Waals surface area contributed by atoms with Crippen LogP contribution in [-0.2, 0) is 14.4 Å². The zero-order chi connectivity index (χ0) is 19.7. The normalized spacial score (nSPS) is 23.0. The molecule has 8 nitrogen and oxygen atoms in total. The van der Waals surface area contributed by atoms with Crippen LogP contribution in [0.5, 0.6) is 5.75 Å². The van der Waals surface area contributed by atoms with Crippen molar-refractivity contribution in [2.75, 3.05) is 5.75 Å². The van der Waals surface area contributed by atoms with Crippen molar-refractivity contribution >= 4 is 29.5 Å². The van der Waals surface area contributed by atoms with Gasteiger partial charge in [-0.3, -0.25) is 14.5 Å². The molecule has 9 heteroatoms. The van der Waals surface area contributed by atoms with E-state index in [1.807, 2.05) is 0 Å². The number of carbonyl (C=O) groups excluding carboxylic acids is 2. The summed E-state index contributed by atoms with van der Waals surface area (Å²) >= 11 is 1.39. The standard InChI is InChI=1S/C18H19N3O5S/c1-2-3-10-8-27-17-13(16(24)21(17)14(10)18(25)26)20-15(23)12(19)9-4-6-11(22)7-5-9/h2-7,12-13,17,22H,8,19H2,1H3,(H,20,23)(H,25,26)/b3-2-/t12-,13+,17+/m1/s1. The second-order valence-electron chi connectivity index (χ2n) is 6.14. The highest BCUT2D eigenvalue weighted by Crippen LogP contribution is 2.40. The zero-order valence-electron chi connectivity index (χ0n) is 14.5. The average Bonchev–Trinajstić information content (AvgIpc) is 2.65. The lowest BCUT2D eigenvalue weighted by Crippen LogP contribution is -2.71. The number of nitrogens with one attached hydrogen (secondary N) is 1. The Morgan fingerprint density at radius 3 is 2.63 bits per heavy atom. The largest absolute Gasteiger partial charge is 0.508 e. The molecule has 5 N–H and O–H groups in total. The number of nitrogens with zero attached hydrogens (tertiary/aromatic N) is 1. The average molecular weight is 389 g/mol. The number of benzene rings is 1. The van der Waals surface area contributed by atoms with Gasteiger partial charge >= 0.3 is 5.97 Å². The number of β-lactam (4-membered cyclic amide) rings is 1. The number of carbonyl (C=O) groups is 3. The Morgan fingerprint density at radius 2 is 2.04 bits per heavy atom. The molecule has 0 aliphatic carbocycles. The number of phenolic OH excluding ortho intramolecular Hbond substituents is 1. The molecule has 0 saturated carbocycles. The number of carboxylic acid groups (broad SMARTS) is 1. The predicted octanol–water partition coefficient (Wildman–Crippen LogP) is 0.707. The van der Waals surface area contributed by atoms with Gasteiger partial charge in [-0.05, 0) is 30.2 Å². The van der Waals surface area contributed by atoms with Crippen molar-refractivity contribution in [3.8, 4) is 5.75 Å². The maximum Gasteiger partial charge on any atom is 0.352 e. The second kappa shape index (κ2) is 7.45. The van der Waals surface area contributed by atoms with Crippen molar-refractivity contribution < 1.29 is 24.6 Å². The molecular weight excluding hydrogens is 370 g/mol. The molecule has 0 unspecified atom stereocenters. The summed E-state index contributed by atoms with van der Waals surface area (Å²) in [7, 11) is 0. The van der Waals surface area contributed by atoms with Gasteiger partial charge in [-0.1, -0.05) is 24.3 Å². The summed E-state index contributed by atoms with van der Waals surface area (Å²) in [5.74, 6) is -1.71. The smallest absolute Gasteiger partial charge is 0.352 e. The van der Waals surface area contributed by atoms with E-state index >= 15 is 0 Å². The molecule has 2 aliphatic heterocycles. The third-order valence-corrected chi connectivity index (χ3v) is 5.70. The van der Waals surface area contributed by atoms with Crippen LogP contribution in [0.15, 0.2) is 47.7 Å². The minimum Gasteiger partial charge on any atom is -0.508 e. The second-order valence-corrected chi connectivity index (χ2v) is 7.25. The topological polar surface area (TPSA) is 133 Å². The highest BCUT2D eigenvalue weighted by molar-refractivity contribution is 8.00. The summed E-state index contributed by atoms with van der Waals surface area (Å²) in [5.41, 5.74) is 6.93. The first-order chi connectivity index (χ1) is 12.8. The Hall–Kier alpha value is -2.78. The molecule has 142 valence electrons. The van der Waals surface area contributed by atoms with Crippen LogP contribution in [0.25, 0.3) is 0 Å². The number of hydrogen-bond donors (Lipinski definition) is 4. The van der Waals surface area contributed by atoms with Crippen LogP contribution in [0.2, 0.25) is 0 Å². The van der Waals surface area contributed by atoms with Crippen molar-refractivity contribution in [3.05, 3.63) is 53.3 Å². The van der Waals surface area contributed by atoms with Gasteiger partial charge in [-0.25, -0.2) is 4.79 Å². The van der Waals surface area contributed by atoms with Crippen molar-refractivity contribution in [1.82, 2.24) is 10.2 Å². The van der Waals surface area contributed by atoms with Gasteiger partial charge in [0.15, 0.2) is 0 Å². The van der Waals surface area contributed by atoms with E-state index in [-0.39, 0.29) is 11.4 Å². The number of thioether (sulfide) groups is 1. The fourth-order valence-corrected chi connectivity index (χ4v) is 4.37. The van der Waals surface area contributed by atoms with Crippen molar-refractivity contribution in [1.29, 1.82) is 0 Å². The number of carboxylic acids is 1. The Labute approximate surface area is 159 Å². The zero-order valence-corrected chi connectivity index (χ0v) is 15.3. The fraction of sp³-hybridized carbons (Fsp3) is 0.278. The van der Waals surface area contributed by atoms with Gasteiger partial charge in [0.2, 0.25) is 5.91 Å². The summed E-state index contributed by atoms with van der Waals surface area (Å²) in [4.78, 5) is 37.7. The summed E-state index contributed by atoms with van der Waals surface area (Å²) in [5, 5.41) is 20.9. The molecule has 0 spiro atoms. The summed E-state index contributed by atoms with van der Waals surface area (Å²) in [6.07, 6.45) is 3.39. The Bertz CT molecular complexity index is 849. The van der Waals surface area contributed by atoms with E-state index < -0.39 is 35.2 Å². The lowest BCUT2D eigenvalue weighted by Gasteiger charge is -2.49. The van der Waals surface area contributed by atoms with Gasteiger partial charge in [-0.15, -0.1) is 11.8 Å². The van der Waals surface area contributed by atoms with Crippen molar-refractivity contribution in [2.24, 2.45) is 5.73 Å². The third-order valence-electron chi connectivity index (χ3n) is 4.40. The molecule has 1 aromatic rings. The Kier molecular flexibility index (Phi) is 5.24. The lowest BCUT2D eigenvalue weighted by molar-refractivity contribution is -0.150. The third kappa shape index (κ3) is 3.43. The summed E-state index contributed by atoms with van der Waals surface area (Å²) < 4.78 is 0. The van der Waals surface area contributed by atoms with E-state index in [1.165, 1.54) is 40.9 Å². The maximum absolute atomic E-state index is 12.5. The van der Waals surface area contributed by atoms with Crippen LogP contribution >= 0.6 is 11.8 Å². The molecule has 0 radical (unpaired) electrons.